The number of rotatable bonds is 4. The highest BCUT2D eigenvalue weighted by molar-refractivity contribution is 5.51. The average Bonchev–Trinajstić information content (AvgIpc) is 2.71. The van der Waals surface area contributed by atoms with E-state index < -0.39 is 11.6 Å². The van der Waals surface area contributed by atoms with Crippen molar-refractivity contribution < 1.29 is 13.5 Å². The van der Waals surface area contributed by atoms with Gasteiger partial charge in [-0.15, -0.1) is 0 Å². The van der Waals surface area contributed by atoms with Crippen molar-refractivity contribution in [3.8, 4) is 0 Å². The van der Waals surface area contributed by atoms with Crippen LogP contribution in [-0.2, 0) is 11.3 Å². The van der Waals surface area contributed by atoms with Crippen LogP contribution in [0.2, 0.25) is 0 Å². The van der Waals surface area contributed by atoms with Gasteiger partial charge >= 0.3 is 0 Å². The van der Waals surface area contributed by atoms with Crippen LogP contribution in [0.5, 0.6) is 0 Å². The second kappa shape index (κ2) is 8.36. The monoisotopic (exact) mass is 389 g/mol. The van der Waals surface area contributed by atoms with Crippen molar-refractivity contribution in [2.24, 2.45) is 0 Å². The molecule has 0 atom stereocenters. The molecule has 1 aromatic heterocycles. The van der Waals surface area contributed by atoms with Gasteiger partial charge in [-0.25, -0.2) is 18.7 Å². The Kier molecular flexibility index (Phi) is 5.68. The summed E-state index contributed by atoms with van der Waals surface area (Å²) in [4.78, 5) is 15.9. The number of morpholine rings is 1. The molecule has 0 amide bonds. The molecule has 3 heterocycles. The lowest BCUT2D eigenvalue weighted by atomic mass is 10.2. The number of benzene rings is 1. The van der Waals surface area contributed by atoms with E-state index in [2.05, 4.69) is 24.7 Å². The highest BCUT2D eigenvalue weighted by atomic mass is 19.1. The van der Waals surface area contributed by atoms with E-state index in [4.69, 9.17) is 4.74 Å². The Bertz CT molecular complexity index is 820. The molecular formula is C20H25F2N5O. The molecule has 0 unspecified atom stereocenters. The molecule has 0 bridgehead atoms. The van der Waals surface area contributed by atoms with Crippen LogP contribution in [0.15, 0.2) is 24.3 Å². The topological polar surface area (TPSA) is 44.7 Å². The second-order valence-electron chi connectivity index (χ2n) is 7.23. The first-order valence-corrected chi connectivity index (χ1v) is 9.68. The number of aromatic nitrogens is 2. The fourth-order valence-corrected chi connectivity index (χ4v) is 3.68. The molecule has 150 valence electrons. The molecule has 0 saturated carbocycles. The number of hydrogen-bond acceptors (Lipinski definition) is 6. The first kappa shape index (κ1) is 19.0. The normalized spacial score (nSPS) is 18.5. The van der Waals surface area contributed by atoms with Crippen molar-refractivity contribution in [1.82, 2.24) is 14.9 Å². The van der Waals surface area contributed by atoms with E-state index in [1.165, 1.54) is 12.1 Å². The maximum atomic E-state index is 13.9. The van der Waals surface area contributed by atoms with E-state index in [0.29, 0.717) is 12.1 Å². The number of hydrogen-bond donors (Lipinski definition) is 0. The van der Waals surface area contributed by atoms with Crippen LogP contribution in [0.4, 0.5) is 20.4 Å². The number of piperazine rings is 1. The molecule has 2 aromatic rings. The van der Waals surface area contributed by atoms with E-state index in [1.807, 2.05) is 13.0 Å². The zero-order valence-corrected chi connectivity index (χ0v) is 16.1. The van der Waals surface area contributed by atoms with Gasteiger partial charge in [-0.3, -0.25) is 4.90 Å². The number of halogens is 2. The average molecular weight is 389 g/mol. The van der Waals surface area contributed by atoms with Gasteiger partial charge in [0, 0.05) is 63.5 Å². The lowest BCUT2D eigenvalue weighted by molar-refractivity contribution is 0.122. The van der Waals surface area contributed by atoms with Crippen LogP contribution in [0, 0.1) is 18.6 Å². The molecule has 0 N–H and O–H groups in total. The molecule has 1 aromatic carbocycles. The first-order chi connectivity index (χ1) is 13.6. The van der Waals surface area contributed by atoms with Gasteiger partial charge in [0.05, 0.1) is 13.2 Å². The Labute approximate surface area is 163 Å². The first-order valence-electron chi connectivity index (χ1n) is 9.68. The Hall–Kier alpha value is -2.32. The SMILES string of the molecule is Cc1nc(N2CCOCC2)cc(N2CCN(Cc3ccc(F)cc3F)CC2)n1. The van der Waals surface area contributed by atoms with Crippen molar-refractivity contribution in [3.05, 3.63) is 47.3 Å². The van der Waals surface area contributed by atoms with Crippen LogP contribution < -0.4 is 9.80 Å². The third kappa shape index (κ3) is 4.39. The Morgan fingerprint density at radius 1 is 0.893 bits per heavy atom. The van der Waals surface area contributed by atoms with E-state index in [9.17, 15) is 8.78 Å². The summed E-state index contributed by atoms with van der Waals surface area (Å²) in [7, 11) is 0. The highest BCUT2D eigenvalue weighted by Crippen LogP contribution is 2.22. The van der Waals surface area contributed by atoms with E-state index >= 15 is 0 Å². The summed E-state index contributed by atoms with van der Waals surface area (Å²) in [6, 6.07) is 5.83. The van der Waals surface area contributed by atoms with Crippen molar-refractivity contribution in [1.29, 1.82) is 0 Å². The molecule has 2 aliphatic heterocycles. The minimum atomic E-state index is -0.540. The molecule has 0 spiro atoms. The fraction of sp³-hybridized carbons (Fsp3) is 0.500. The molecular weight excluding hydrogens is 364 g/mol. The van der Waals surface area contributed by atoms with E-state index in [-0.39, 0.29) is 0 Å². The summed E-state index contributed by atoms with van der Waals surface area (Å²) < 4.78 is 32.4. The van der Waals surface area contributed by atoms with Crippen LogP contribution in [0.1, 0.15) is 11.4 Å². The molecule has 2 fully saturated rings. The summed E-state index contributed by atoms with van der Waals surface area (Å²) in [5.41, 5.74) is 0.530. The maximum Gasteiger partial charge on any atom is 0.134 e. The summed E-state index contributed by atoms with van der Waals surface area (Å²) in [5, 5.41) is 0. The lowest BCUT2D eigenvalue weighted by Gasteiger charge is -2.36. The van der Waals surface area contributed by atoms with Crippen molar-refractivity contribution >= 4 is 11.6 Å². The summed E-state index contributed by atoms with van der Waals surface area (Å²) in [6.45, 7) is 8.74. The lowest BCUT2D eigenvalue weighted by Crippen LogP contribution is -2.46. The van der Waals surface area contributed by atoms with Gasteiger partial charge in [0.25, 0.3) is 0 Å². The standard InChI is InChI=1S/C20H25F2N5O/c1-15-23-19(13-20(24-15)27-8-10-28-11-9-27)26-6-4-25(5-7-26)14-16-2-3-17(21)12-18(16)22/h2-3,12-13H,4-11,14H2,1H3. The van der Waals surface area contributed by atoms with Gasteiger partial charge in [-0.05, 0) is 13.0 Å². The van der Waals surface area contributed by atoms with Crippen molar-refractivity contribution in [2.75, 3.05) is 62.3 Å². The predicted molar refractivity (Wildman–Crippen MR) is 104 cm³/mol. The van der Waals surface area contributed by atoms with E-state index in [0.717, 1.165) is 76.0 Å². The smallest absolute Gasteiger partial charge is 0.134 e. The van der Waals surface area contributed by atoms with Gasteiger partial charge in [0.2, 0.25) is 0 Å². The molecule has 2 saturated heterocycles. The van der Waals surface area contributed by atoms with Crippen LogP contribution >= 0.6 is 0 Å². The molecule has 4 rings (SSSR count). The van der Waals surface area contributed by atoms with Crippen LogP contribution in [0.3, 0.4) is 0 Å². The number of nitrogens with zero attached hydrogens (tertiary/aromatic N) is 5. The van der Waals surface area contributed by atoms with Gasteiger partial charge in [0.15, 0.2) is 0 Å². The number of aryl methyl sites for hydroxylation is 1. The van der Waals surface area contributed by atoms with E-state index in [1.54, 1.807) is 0 Å². The van der Waals surface area contributed by atoms with Gasteiger partial charge in [-0.2, -0.15) is 0 Å². The number of ether oxygens (including phenoxy) is 1. The highest BCUT2D eigenvalue weighted by Gasteiger charge is 2.21. The van der Waals surface area contributed by atoms with Crippen molar-refractivity contribution in [2.45, 2.75) is 13.5 Å². The molecule has 8 heteroatoms. The summed E-state index contributed by atoms with van der Waals surface area (Å²) in [6.07, 6.45) is 0. The maximum absolute atomic E-state index is 13.9. The summed E-state index contributed by atoms with van der Waals surface area (Å²) >= 11 is 0. The van der Waals surface area contributed by atoms with Gasteiger partial charge in [-0.1, -0.05) is 6.07 Å². The fourth-order valence-electron chi connectivity index (χ4n) is 3.68. The Morgan fingerprint density at radius 2 is 1.54 bits per heavy atom. The molecule has 6 nitrogen and oxygen atoms in total. The second-order valence-corrected chi connectivity index (χ2v) is 7.23. The Balaban J connectivity index is 1.40. The quantitative estimate of drug-likeness (QED) is 0.799. The molecule has 28 heavy (non-hydrogen) atoms. The number of anilines is 2. The summed E-state index contributed by atoms with van der Waals surface area (Å²) in [5.74, 6) is 1.61. The van der Waals surface area contributed by atoms with Crippen LogP contribution in [-0.4, -0.2) is 67.4 Å². The minimum Gasteiger partial charge on any atom is -0.378 e. The molecule has 0 aliphatic carbocycles. The largest absolute Gasteiger partial charge is 0.378 e. The third-order valence-corrected chi connectivity index (χ3v) is 5.25. The zero-order chi connectivity index (χ0) is 19.5. The Morgan fingerprint density at radius 3 is 2.18 bits per heavy atom. The van der Waals surface area contributed by atoms with Crippen molar-refractivity contribution in [3.63, 3.8) is 0 Å². The zero-order valence-electron chi connectivity index (χ0n) is 16.1. The van der Waals surface area contributed by atoms with Gasteiger partial charge < -0.3 is 14.5 Å². The van der Waals surface area contributed by atoms with Gasteiger partial charge in [0.1, 0.15) is 29.1 Å². The molecule has 2 aliphatic rings. The predicted octanol–water partition coefficient (Wildman–Crippen LogP) is 2.22. The van der Waals surface area contributed by atoms with Crippen LogP contribution in [0.25, 0.3) is 0 Å². The third-order valence-electron chi connectivity index (χ3n) is 5.25. The minimum absolute atomic E-state index is 0.482. The molecule has 0 radical (unpaired) electrons.